The first kappa shape index (κ1) is 16.8. The molecule has 0 fully saturated rings. The van der Waals surface area contributed by atoms with Gasteiger partial charge in [-0.3, -0.25) is 4.79 Å². The molecular formula is C20H20N2O3. The minimum Gasteiger partial charge on any atom is -0.465 e. The van der Waals surface area contributed by atoms with E-state index in [0.717, 1.165) is 16.5 Å². The van der Waals surface area contributed by atoms with E-state index in [1.807, 2.05) is 43.5 Å². The van der Waals surface area contributed by atoms with Crippen molar-refractivity contribution in [2.75, 3.05) is 12.4 Å². The van der Waals surface area contributed by atoms with Gasteiger partial charge in [0.25, 0.3) is 0 Å². The molecule has 3 rings (SSSR count). The molecule has 0 unspecified atom stereocenters. The largest absolute Gasteiger partial charge is 0.465 e. The molecule has 0 saturated heterocycles. The topological polar surface area (TPSA) is 60.3 Å². The first-order chi connectivity index (χ1) is 12.1. The summed E-state index contributed by atoms with van der Waals surface area (Å²) >= 11 is 0. The van der Waals surface area contributed by atoms with Gasteiger partial charge in [-0.25, -0.2) is 4.79 Å². The zero-order valence-corrected chi connectivity index (χ0v) is 14.3. The lowest BCUT2D eigenvalue weighted by molar-refractivity contribution is -0.116. The van der Waals surface area contributed by atoms with Crippen LogP contribution in [-0.4, -0.2) is 23.6 Å². The summed E-state index contributed by atoms with van der Waals surface area (Å²) in [6.45, 7) is 2.48. The fraction of sp³-hybridized carbons (Fsp3) is 0.200. The maximum atomic E-state index is 12.3. The number of nitrogens with one attached hydrogen (secondary N) is 1. The molecule has 5 nitrogen and oxygen atoms in total. The van der Waals surface area contributed by atoms with Crippen LogP contribution in [-0.2, 0) is 16.1 Å². The van der Waals surface area contributed by atoms with Crippen LogP contribution in [0.1, 0.15) is 22.3 Å². The van der Waals surface area contributed by atoms with E-state index in [-0.39, 0.29) is 5.91 Å². The number of methoxy groups -OCH3 is 1. The van der Waals surface area contributed by atoms with E-state index >= 15 is 0 Å². The molecule has 1 aromatic heterocycles. The normalized spacial score (nSPS) is 10.6. The molecular weight excluding hydrogens is 316 g/mol. The first-order valence-electron chi connectivity index (χ1n) is 8.11. The van der Waals surface area contributed by atoms with Gasteiger partial charge in [-0.15, -0.1) is 0 Å². The first-order valence-corrected chi connectivity index (χ1v) is 8.11. The smallest absolute Gasteiger partial charge is 0.337 e. The van der Waals surface area contributed by atoms with Gasteiger partial charge in [0.05, 0.1) is 12.7 Å². The monoisotopic (exact) mass is 336 g/mol. The van der Waals surface area contributed by atoms with Crippen LogP contribution in [0, 0.1) is 6.92 Å². The van der Waals surface area contributed by atoms with Crippen molar-refractivity contribution in [3.63, 3.8) is 0 Å². The van der Waals surface area contributed by atoms with Crippen molar-refractivity contribution in [1.82, 2.24) is 4.57 Å². The van der Waals surface area contributed by atoms with Crippen molar-refractivity contribution in [3.8, 4) is 0 Å². The van der Waals surface area contributed by atoms with Gasteiger partial charge >= 0.3 is 5.97 Å². The lowest BCUT2D eigenvalue weighted by Gasteiger charge is -2.11. The Morgan fingerprint density at radius 2 is 1.92 bits per heavy atom. The Kier molecular flexibility index (Phi) is 4.84. The number of esters is 1. The number of aromatic nitrogens is 1. The van der Waals surface area contributed by atoms with Gasteiger partial charge in [0, 0.05) is 30.4 Å². The van der Waals surface area contributed by atoms with Gasteiger partial charge in [0.15, 0.2) is 0 Å². The SMILES string of the molecule is COC(=O)c1ccc(C)c(NC(=O)CCn2ccc3ccccc32)c1. The minimum atomic E-state index is -0.422. The van der Waals surface area contributed by atoms with Crippen molar-refractivity contribution < 1.29 is 14.3 Å². The molecule has 2 aromatic carbocycles. The van der Waals surface area contributed by atoms with Gasteiger partial charge < -0.3 is 14.6 Å². The van der Waals surface area contributed by atoms with E-state index in [4.69, 9.17) is 4.74 Å². The summed E-state index contributed by atoms with van der Waals surface area (Å²) in [7, 11) is 1.34. The molecule has 0 saturated carbocycles. The Bertz CT molecular complexity index is 928. The quantitative estimate of drug-likeness (QED) is 0.722. The summed E-state index contributed by atoms with van der Waals surface area (Å²) in [6, 6.07) is 15.2. The number of nitrogens with zero attached hydrogens (tertiary/aromatic N) is 1. The number of benzene rings is 2. The summed E-state index contributed by atoms with van der Waals surface area (Å²) in [5.74, 6) is -0.516. The Labute approximate surface area is 146 Å². The number of ether oxygens (including phenoxy) is 1. The molecule has 1 heterocycles. The van der Waals surface area contributed by atoms with Crippen molar-refractivity contribution in [1.29, 1.82) is 0 Å². The van der Waals surface area contributed by atoms with E-state index in [1.165, 1.54) is 7.11 Å². The van der Waals surface area contributed by atoms with Gasteiger partial charge in [-0.2, -0.15) is 0 Å². The third-order valence-corrected chi connectivity index (χ3v) is 4.19. The Balaban J connectivity index is 1.67. The van der Waals surface area contributed by atoms with Gasteiger partial charge in [0.1, 0.15) is 0 Å². The summed E-state index contributed by atoms with van der Waals surface area (Å²) in [4.78, 5) is 23.9. The highest BCUT2D eigenvalue weighted by Gasteiger charge is 2.11. The van der Waals surface area contributed by atoms with Crippen LogP contribution in [0.25, 0.3) is 10.9 Å². The van der Waals surface area contributed by atoms with E-state index in [0.29, 0.717) is 24.2 Å². The van der Waals surface area contributed by atoms with E-state index in [1.54, 1.807) is 18.2 Å². The zero-order valence-electron chi connectivity index (χ0n) is 14.3. The summed E-state index contributed by atoms with van der Waals surface area (Å²) in [6.07, 6.45) is 2.33. The number of fused-ring (bicyclic) bond motifs is 1. The second kappa shape index (κ2) is 7.21. The Morgan fingerprint density at radius 3 is 2.72 bits per heavy atom. The van der Waals surface area contributed by atoms with E-state index in [2.05, 4.69) is 9.88 Å². The van der Waals surface area contributed by atoms with Crippen LogP contribution in [0.5, 0.6) is 0 Å². The molecule has 0 aliphatic rings. The molecule has 5 heteroatoms. The molecule has 0 bridgehead atoms. The minimum absolute atomic E-state index is 0.0945. The van der Waals surface area contributed by atoms with Crippen molar-refractivity contribution >= 4 is 28.5 Å². The summed E-state index contributed by atoms with van der Waals surface area (Å²) in [5, 5.41) is 4.04. The molecule has 128 valence electrons. The standard InChI is InChI=1S/C20H20N2O3/c1-14-7-8-16(20(24)25-2)13-17(14)21-19(23)10-12-22-11-9-15-5-3-4-6-18(15)22/h3-9,11,13H,10,12H2,1-2H3,(H,21,23). The predicted molar refractivity (Wildman–Crippen MR) is 97.7 cm³/mol. The second-order valence-corrected chi connectivity index (χ2v) is 5.89. The number of carbonyl (C=O) groups excluding carboxylic acids is 2. The van der Waals surface area contributed by atoms with Gasteiger partial charge in [0.2, 0.25) is 5.91 Å². The van der Waals surface area contributed by atoms with Crippen LogP contribution in [0.3, 0.4) is 0 Å². The summed E-state index contributed by atoms with van der Waals surface area (Å²) in [5.41, 5.74) is 3.05. The average molecular weight is 336 g/mol. The van der Waals surface area contributed by atoms with Crippen LogP contribution in [0.4, 0.5) is 5.69 Å². The number of hydrogen-bond donors (Lipinski definition) is 1. The number of carbonyl (C=O) groups is 2. The maximum absolute atomic E-state index is 12.3. The maximum Gasteiger partial charge on any atom is 0.337 e. The van der Waals surface area contributed by atoms with E-state index < -0.39 is 5.97 Å². The van der Waals surface area contributed by atoms with Crippen molar-refractivity contribution in [2.24, 2.45) is 0 Å². The average Bonchev–Trinajstić information content (AvgIpc) is 3.04. The fourth-order valence-corrected chi connectivity index (χ4v) is 2.77. The van der Waals surface area contributed by atoms with E-state index in [9.17, 15) is 9.59 Å². The molecule has 3 aromatic rings. The third-order valence-electron chi connectivity index (χ3n) is 4.19. The number of anilines is 1. The molecule has 0 aliphatic carbocycles. The lowest BCUT2D eigenvalue weighted by atomic mass is 10.1. The lowest BCUT2D eigenvalue weighted by Crippen LogP contribution is -2.15. The number of para-hydroxylation sites is 1. The van der Waals surface area contributed by atoms with Crippen LogP contribution in [0.2, 0.25) is 0 Å². The molecule has 1 amide bonds. The zero-order chi connectivity index (χ0) is 17.8. The Morgan fingerprint density at radius 1 is 1.12 bits per heavy atom. The number of rotatable bonds is 5. The van der Waals surface area contributed by atoms with Crippen molar-refractivity contribution in [2.45, 2.75) is 19.9 Å². The molecule has 25 heavy (non-hydrogen) atoms. The van der Waals surface area contributed by atoms with Crippen LogP contribution in [0.15, 0.2) is 54.7 Å². The predicted octanol–water partition coefficient (Wildman–Crippen LogP) is 3.77. The van der Waals surface area contributed by atoms with Crippen LogP contribution < -0.4 is 5.32 Å². The highest BCUT2D eigenvalue weighted by molar-refractivity contribution is 5.95. The molecule has 0 atom stereocenters. The van der Waals surface area contributed by atoms with Gasteiger partial charge in [-0.1, -0.05) is 24.3 Å². The Hall–Kier alpha value is -3.08. The van der Waals surface area contributed by atoms with Crippen LogP contribution >= 0.6 is 0 Å². The van der Waals surface area contributed by atoms with Gasteiger partial charge in [-0.05, 0) is 42.1 Å². The fourth-order valence-electron chi connectivity index (χ4n) is 2.77. The third kappa shape index (κ3) is 3.71. The number of aryl methyl sites for hydroxylation is 2. The molecule has 0 aliphatic heterocycles. The summed E-state index contributed by atoms with van der Waals surface area (Å²) < 4.78 is 6.78. The number of hydrogen-bond acceptors (Lipinski definition) is 3. The molecule has 0 spiro atoms. The molecule has 0 radical (unpaired) electrons. The number of amides is 1. The van der Waals surface area contributed by atoms with Crippen molar-refractivity contribution in [3.05, 3.63) is 65.9 Å². The second-order valence-electron chi connectivity index (χ2n) is 5.89. The molecule has 1 N–H and O–H groups in total. The highest BCUT2D eigenvalue weighted by atomic mass is 16.5. The highest BCUT2D eigenvalue weighted by Crippen LogP contribution is 2.19.